The molecule has 0 bridgehead atoms. The zero-order chi connectivity index (χ0) is 16.4. The molecule has 0 radical (unpaired) electrons. The lowest BCUT2D eigenvalue weighted by Gasteiger charge is -2.19. The molecule has 10 heteroatoms. The number of carboxylic acid groups (broad SMARTS) is 1. The highest BCUT2D eigenvalue weighted by Crippen LogP contribution is 2.29. The Morgan fingerprint density at radius 3 is 2.57 bits per heavy atom. The number of aliphatic carboxylic acids is 1. The van der Waals surface area contributed by atoms with Gasteiger partial charge in [0.05, 0.1) is 10.8 Å². The number of benzene rings is 1. The molecule has 1 N–H and O–H groups in total. The minimum atomic E-state index is -4.19. The molecule has 0 saturated heterocycles. The maximum atomic E-state index is 12.3. The molecule has 1 unspecified atom stereocenters. The van der Waals surface area contributed by atoms with Crippen LogP contribution in [0.3, 0.4) is 0 Å². The van der Waals surface area contributed by atoms with Gasteiger partial charge in [-0.05, 0) is 12.1 Å². The van der Waals surface area contributed by atoms with Crippen LogP contribution in [0.25, 0.3) is 0 Å². The Balaban J connectivity index is 3.25. The van der Waals surface area contributed by atoms with E-state index in [4.69, 9.17) is 16.7 Å². The number of hydrogen-bond acceptors (Lipinski definition) is 5. The molecule has 116 valence electrons. The van der Waals surface area contributed by atoms with Gasteiger partial charge in [-0.25, -0.2) is 8.42 Å². The first kappa shape index (κ1) is 17.3. The Morgan fingerprint density at radius 2 is 2.10 bits per heavy atom. The molecule has 21 heavy (non-hydrogen) atoms. The summed E-state index contributed by atoms with van der Waals surface area (Å²) in [7, 11) is -3.03. The van der Waals surface area contributed by atoms with Crippen molar-refractivity contribution in [2.24, 2.45) is 5.92 Å². The van der Waals surface area contributed by atoms with Crippen molar-refractivity contribution >= 4 is 33.3 Å². The number of hydrogen-bond donors (Lipinski definition) is 1. The number of rotatable bonds is 6. The van der Waals surface area contributed by atoms with Gasteiger partial charge in [0.25, 0.3) is 5.69 Å². The molecule has 8 nitrogen and oxygen atoms in total. The van der Waals surface area contributed by atoms with Crippen LogP contribution in [0.2, 0.25) is 5.02 Å². The number of halogens is 1. The quantitative estimate of drug-likeness (QED) is 0.622. The Labute approximate surface area is 126 Å². The lowest BCUT2D eigenvalue weighted by molar-refractivity contribution is -0.387. The summed E-state index contributed by atoms with van der Waals surface area (Å²) in [5.74, 6) is -2.11. The van der Waals surface area contributed by atoms with Gasteiger partial charge in [-0.1, -0.05) is 18.5 Å². The van der Waals surface area contributed by atoms with Gasteiger partial charge < -0.3 is 5.11 Å². The largest absolute Gasteiger partial charge is 0.481 e. The van der Waals surface area contributed by atoms with Crippen LogP contribution in [-0.2, 0) is 14.8 Å². The summed E-state index contributed by atoms with van der Waals surface area (Å²) in [5.41, 5.74) is -0.655. The number of nitro benzene ring substituents is 1. The minimum absolute atomic E-state index is 0.0298. The third-order valence-electron chi connectivity index (χ3n) is 2.76. The molecule has 0 heterocycles. The van der Waals surface area contributed by atoms with Crippen molar-refractivity contribution < 1.29 is 23.2 Å². The van der Waals surface area contributed by atoms with Crippen LogP contribution in [0.5, 0.6) is 0 Å². The third kappa shape index (κ3) is 3.90. The maximum absolute atomic E-state index is 12.3. The number of carbonyl (C=O) groups is 1. The van der Waals surface area contributed by atoms with E-state index in [0.29, 0.717) is 0 Å². The second-order valence-electron chi connectivity index (χ2n) is 4.39. The average Bonchev–Trinajstić information content (AvgIpc) is 2.37. The second kappa shape index (κ2) is 6.37. The highest BCUT2D eigenvalue weighted by Gasteiger charge is 2.31. The van der Waals surface area contributed by atoms with E-state index in [-0.39, 0.29) is 11.6 Å². The van der Waals surface area contributed by atoms with Crippen molar-refractivity contribution in [2.75, 3.05) is 13.6 Å². The molecule has 0 aliphatic heterocycles. The summed E-state index contributed by atoms with van der Waals surface area (Å²) >= 11 is 5.63. The van der Waals surface area contributed by atoms with Gasteiger partial charge in [-0.3, -0.25) is 14.9 Å². The molecular weight excluding hydrogens is 324 g/mol. The predicted molar refractivity (Wildman–Crippen MR) is 74.7 cm³/mol. The molecule has 0 aromatic heterocycles. The van der Waals surface area contributed by atoms with Crippen LogP contribution in [0.15, 0.2) is 23.1 Å². The zero-order valence-electron chi connectivity index (χ0n) is 11.2. The summed E-state index contributed by atoms with van der Waals surface area (Å²) in [4.78, 5) is 20.3. The minimum Gasteiger partial charge on any atom is -0.481 e. The van der Waals surface area contributed by atoms with E-state index in [1.54, 1.807) is 0 Å². The fraction of sp³-hybridized carbons (Fsp3) is 0.364. The second-order valence-corrected chi connectivity index (χ2v) is 6.84. The maximum Gasteiger partial charge on any atom is 0.307 e. The molecule has 0 aliphatic carbocycles. The van der Waals surface area contributed by atoms with Crippen LogP contribution in [0.4, 0.5) is 5.69 Å². The smallest absolute Gasteiger partial charge is 0.307 e. The Kier molecular flexibility index (Phi) is 5.26. The first-order valence-electron chi connectivity index (χ1n) is 5.70. The van der Waals surface area contributed by atoms with Crippen molar-refractivity contribution in [1.82, 2.24) is 4.31 Å². The average molecular weight is 337 g/mol. The molecular formula is C11H13ClN2O6S. The standard InChI is InChI=1S/C11H13ClN2O6S/c1-7(11(15)16)6-13(2)21(19,20)10-4-3-8(12)5-9(10)14(17)18/h3-5,7H,6H2,1-2H3,(H,15,16). The van der Waals surface area contributed by atoms with Gasteiger partial charge in [0.15, 0.2) is 4.90 Å². The highest BCUT2D eigenvalue weighted by atomic mass is 35.5. The van der Waals surface area contributed by atoms with Crippen molar-refractivity contribution in [3.8, 4) is 0 Å². The van der Waals surface area contributed by atoms with Gasteiger partial charge in [0.2, 0.25) is 10.0 Å². The fourth-order valence-corrected chi connectivity index (χ4v) is 3.14. The van der Waals surface area contributed by atoms with Gasteiger partial charge in [-0.15, -0.1) is 0 Å². The number of carboxylic acids is 1. The van der Waals surface area contributed by atoms with E-state index in [1.165, 1.54) is 13.0 Å². The predicted octanol–water partition coefficient (Wildman–Crippen LogP) is 1.59. The lowest BCUT2D eigenvalue weighted by atomic mass is 10.2. The first-order chi connectivity index (χ1) is 9.57. The molecule has 0 saturated carbocycles. The van der Waals surface area contributed by atoms with Crippen molar-refractivity contribution in [3.05, 3.63) is 33.3 Å². The van der Waals surface area contributed by atoms with Crippen molar-refractivity contribution in [2.45, 2.75) is 11.8 Å². The van der Waals surface area contributed by atoms with Crippen LogP contribution in [-0.4, -0.2) is 42.3 Å². The Hall–Kier alpha value is -1.71. The summed E-state index contributed by atoms with van der Waals surface area (Å²) < 4.78 is 25.4. The Bertz CT molecular complexity index is 675. The molecule has 1 rings (SSSR count). The van der Waals surface area contributed by atoms with Crippen molar-refractivity contribution in [3.63, 3.8) is 0 Å². The van der Waals surface area contributed by atoms with Crippen molar-refractivity contribution in [1.29, 1.82) is 0 Å². The van der Waals surface area contributed by atoms with Crippen LogP contribution in [0.1, 0.15) is 6.92 Å². The van der Waals surface area contributed by atoms with E-state index in [1.807, 2.05) is 0 Å². The number of sulfonamides is 1. The third-order valence-corrected chi connectivity index (χ3v) is 4.86. The van der Waals surface area contributed by atoms with E-state index >= 15 is 0 Å². The molecule has 1 atom stereocenters. The van der Waals surface area contributed by atoms with Gasteiger partial charge in [0.1, 0.15) is 0 Å². The summed E-state index contributed by atoms with van der Waals surface area (Å²) in [5, 5.41) is 19.8. The normalized spacial score (nSPS) is 13.1. The van der Waals surface area contributed by atoms with Crippen LogP contribution in [0, 0.1) is 16.0 Å². The number of nitro groups is 1. The molecule has 1 aromatic rings. The van der Waals surface area contributed by atoms with E-state index in [0.717, 1.165) is 23.5 Å². The number of nitrogens with zero attached hydrogens (tertiary/aromatic N) is 2. The van der Waals surface area contributed by atoms with Crippen LogP contribution >= 0.6 is 11.6 Å². The Morgan fingerprint density at radius 1 is 1.52 bits per heavy atom. The van der Waals surface area contributed by atoms with Gasteiger partial charge >= 0.3 is 5.97 Å². The molecule has 0 amide bonds. The molecule has 0 fully saturated rings. The van der Waals surface area contributed by atoms with E-state index in [2.05, 4.69) is 0 Å². The highest BCUT2D eigenvalue weighted by molar-refractivity contribution is 7.89. The molecule has 1 aromatic carbocycles. The monoisotopic (exact) mass is 336 g/mol. The van der Waals surface area contributed by atoms with E-state index in [9.17, 15) is 23.3 Å². The summed E-state index contributed by atoms with van der Waals surface area (Å²) in [6.45, 7) is 1.03. The molecule has 0 aliphatic rings. The zero-order valence-corrected chi connectivity index (χ0v) is 12.8. The van der Waals surface area contributed by atoms with Crippen LogP contribution < -0.4 is 0 Å². The van der Waals surface area contributed by atoms with Gasteiger partial charge in [0, 0.05) is 24.7 Å². The first-order valence-corrected chi connectivity index (χ1v) is 7.52. The van der Waals surface area contributed by atoms with Gasteiger partial charge in [-0.2, -0.15) is 4.31 Å². The van der Waals surface area contributed by atoms with E-state index < -0.39 is 37.4 Å². The lowest BCUT2D eigenvalue weighted by Crippen LogP contribution is -2.34. The SMILES string of the molecule is CC(CN(C)S(=O)(=O)c1ccc(Cl)cc1[N+](=O)[O-])C(=O)O. The molecule has 0 spiro atoms. The fourth-order valence-electron chi connectivity index (χ4n) is 1.58. The summed E-state index contributed by atoms with van der Waals surface area (Å²) in [6, 6.07) is 3.18. The summed E-state index contributed by atoms with van der Waals surface area (Å²) in [6.07, 6.45) is 0. The topological polar surface area (TPSA) is 118 Å².